The normalized spacial score (nSPS) is 10.5. The fourth-order valence-corrected chi connectivity index (χ4v) is 2.11. The lowest BCUT2D eigenvalue weighted by atomic mass is 10.2. The van der Waals surface area contributed by atoms with Crippen molar-refractivity contribution in [2.75, 3.05) is 13.2 Å². The van der Waals surface area contributed by atoms with Gasteiger partial charge in [0.25, 0.3) is 5.91 Å². The molecule has 0 fully saturated rings. The van der Waals surface area contributed by atoms with Gasteiger partial charge in [-0.3, -0.25) is 9.59 Å². The van der Waals surface area contributed by atoms with E-state index >= 15 is 0 Å². The van der Waals surface area contributed by atoms with Crippen LogP contribution in [0.5, 0.6) is 5.75 Å². The topological polar surface area (TPSA) is 66.8 Å². The first-order chi connectivity index (χ1) is 9.81. The number of carboxylic acids is 1. The molecule has 0 atom stereocenters. The van der Waals surface area contributed by atoms with E-state index in [-0.39, 0.29) is 31.5 Å². The lowest BCUT2D eigenvalue weighted by Crippen LogP contribution is -2.41. The number of rotatable bonds is 7. The van der Waals surface area contributed by atoms with Crippen LogP contribution in [0.2, 0.25) is 5.02 Å². The first-order valence-corrected chi connectivity index (χ1v) is 7.09. The molecule has 0 heterocycles. The van der Waals surface area contributed by atoms with Gasteiger partial charge in [-0.25, -0.2) is 0 Å². The smallest absolute Gasteiger partial charge is 0.305 e. The Hall–Kier alpha value is -1.75. The van der Waals surface area contributed by atoms with E-state index in [1.54, 1.807) is 18.2 Å². The molecule has 6 heteroatoms. The Morgan fingerprint density at radius 3 is 2.57 bits per heavy atom. The number of carboxylic acid groups (broad SMARTS) is 1. The third-order valence-corrected chi connectivity index (χ3v) is 3.23. The highest BCUT2D eigenvalue weighted by Gasteiger charge is 2.18. The molecular formula is C15H20ClNO4. The monoisotopic (exact) mass is 313 g/mol. The van der Waals surface area contributed by atoms with Gasteiger partial charge in [-0.1, -0.05) is 11.6 Å². The van der Waals surface area contributed by atoms with E-state index in [0.29, 0.717) is 10.8 Å². The quantitative estimate of drug-likeness (QED) is 0.840. The molecule has 0 bridgehead atoms. The Morgan fingerprint density at radius 1 is 1.38 bits per heavy atom. The number of hydrogen-bond donors (Lipinski definition) is 1. The Morgan fingerprint density at radius 2 is 2.05 bits per heavy atom. The van der Waals surface area contributed by atoms with Gasteiger partial charge in [-0.05, 0) is 44.5 Å². The van der Waals surface area contributed by atoms with Crippen molar-refractivity contribution < 1.29 is 19.4 Å². The average molecular weight is 314 g/mol. The second-order valence-electron chi connectivity index (χ2n) is 5.02. The maximum absolute atomic E-state index is 12.1. The highest BCUT2D eigenvalue weighted by molar-refractivity contribution is 6.30. The van der Waals surface area contributed by atoms with Crippen molar-refractivity contribution in [3.63, 3.8) is 0 Å². The van der Waals surface area contributed by atoms with E-state index in [1.165, 1.54) is 4.90 Å². The molecule has 1 aromatic carbocycles. The number of carbonyl (C=O) groups excluding carboxylic acids is 1. The van der Waals surface area contributed by atoms with E-state index in [1.807, 2.05) is 20.8 Å². The summed E-state index contributed by atoms with van der Waals surface area (Å²) in [5.41, 5.74) is 0.844. The number of aryl methyl sites for hydroxylation is 1. The van der Waals surface area contributed by atoms with Gasteiger partial charge in [-0.2, -0.15) is 0 Å². The Balaban J connectivity index is 2.62. The standard InChI is InChI=1S/C15H20ClNO4/c1-10(2)17(7-6-15(19)20)14(18)9-21-13-5-4-12(16)8-11(13)3/h4-5,8,10H,6-7,9H2,1-3H3,(H,19,20). The predicted molar refractivity (Wildman–Crippen MR) is 80.8 cm³/mol. The van der Waals surface area contributed by atoms with Crippen molar-refractivity contribution in [1.29, 1.82) is 0 Å². The van der Waals surface area contributed by atoms with Crippen LogP contribution < -0.4 is 4.74 Å². The van der Waals surface area contributed by atoms with E-state index in [0.717, 1.165) is 5.56 Å². The Labute approximate surface area is 129 Å². The second-order valence-corrected chi connectivity index (χ2v) is 5.46. The van der Waals surface area contributed by atoms with E-state index in [4.69, 9.17) is 21.4 Å². The third-order valence-electron chi connectivity index (χ3n) is 3.00. The van der Waals surface area contributed by atoms with Crippen LogP contribution in [0.3, 0.4) is 0 Å². The lowest BCUT2D eigenvalue weighted by Gasteiger charge is -2.26. The summed E-state index contributed by atoms with van der Waals surface area (Å²) in [7, 11) is 0. The largest absolute Gasteiger partial charge is 0.483 e. The summed E-state index contributed by atoms with van der Waals surface area (Å²) >= 11 is 5.86. The lowest BCUT2D eigenvalue weighted by molar-refractivity contribution is -0.139. The highest BCUT2D eigenvalue weighted by Crippen LogP contribution is 2.21. The fraction of sp³-hybridized carbons (Fsp3) is 0.467. The summed E-state index contributed by atoms with van der Waals surface area (Å²) in [6.07, 6.45) is -0.0795. The molecule has 1 N–H and O–H groups in total. The van der Waals surface area contributed by atoms with Crippen LogP contribution in [-0.2, 0) is 9.59 Å². The van der Waals surface area contributed by atoms with Crippen molar-refractivity contribution in [2.45, 2.75) is 33.2 Å². The Kier molecular flexibility index (Phi) is 6.49. The minimum absolute atomic E-state index is 0.0771. The molecular weight excluding hydrogens is 294 g/mol. The number of ether oxygens (including phenoxy) is 1. The molecule has 0 aliphatic rings. The fourth-order valence-electron chi connectivity index (χ4n) is 1.88. The van der Waals surface area contributed by atoms with Crippen molar-refractivity contribution in [1.82, 2.24) is 4.90 Å². The number of carbonyl (C=O) groups is 2. The molecule has 0 aromatic heterocycles. The van der Waals surface area contributed by atoms with Gasteiger partial charge in [0.1, 0.15) is 5.75 Å². The first kappa shape index (κ1) is 17.3. The third kappa shape index (κ3) is 5.63. The van der Waals surface area contributed by atoms with Crippen molar-refractivity contribution in [2.24, 2.45) is 0 Å². The van der Waals surface area contributed by atoms with Gasteiger partial charge in [0, 0.05) is 17.6 Å². The van der Waals surface area contributed by atoms with Crippen LogP contribution in [0, 0.1) is 6.92 Å². The number of amides is 1. The van der Waals surface area contributed by atoms with Crippen LogP contribution >= 0.6 is 11.6 Å². The number of aliphatic carboxylic acids is 1. The van der Waals surface area contributed by atoms with E-state index in [9.17, 15) is 9.59 Å². The molecule has 116 valence electrons. The first-order valence-electron chi connectivity index (χ1n) is 6.71. The zero-order chi connectivity index (χ0) is 16.0. The number of benzene rings is 1. The SMILES string of the molecule is Cc1cc(Cl)ccc1OCC(=O)N(CCC(=O)O)C(C)C. The van der Waals surface area contributed by atoms with Crippen LogP contribution in [0.4, 0.5) is 0 Å². The zero-order valence-electron chi connectivity index (χ0n) is 12.4. The second kappa shape index (κ2) is 7.88. The van der Waals surface area contributed by atoms with Crippen molar-refractivity contribution >= 4 is 23.5 Å². The molecule has 21 heavy (non-hydrogen) atoms. The average Bonchev–Trinajstić information content (AvgIpc) is 2.37. The molecule has 0 unspecified atom stereocenters. The summed E-state index contributed by atoms with van der Waals surface area (Å²) in [5, 5.41) is 9.32. The molecule has 0 aliphatic heterocycles. The Bertz CT molecular complexity index is 516. The predicted octanol–water partition coefficient (Wildman–Crippen LogP) is 2.74. The van der Waals surface area contributed by atoms with Gasteiger partial charge in [0.05, 0.1) is 6.42 Å². The molecule has 0 aliphatic carbocycles. The van der Waals surface area contributed by atoms with Gasteiger partial charge in [0.2, 0.25) is 0 Å². The van der Waals surface area contributed by atoms with Gasteiger partial charge >= 0.3 is 5.97 Å². The van der Waals surface area contributed by atoms with Crippen molar-refractivity contribution in [3.8, 4) is 5.75 Å². The molecule has 5 nitrogen and oxygen atoms in total. The molecule has 0 spiro atoms. The minimum Gasteiger partial charge on any atom is -0.483 e. The molecule has 0 saturated carbocycles. The molecule has 1 aromatic rings. The number of halogens is 1. The minimum atomic E-state index is -0.928. The van der Waals surface area contributed by atoms with Crippen molar-refractivity contribution in [3.05, 3.63) is 28.8 Å². The highest BCUT2D eigenvalue weighted by atomic mass is 35.5. The molecule has 0 radical (unpaired) electrons. The van der Waals surface area contributed by atoms with Gasteiger partial charge in [-0.15, -0.1) is 0 Å². The number of nitrogens with zero attached hydrogens (tertiary/aromatic N) is 1. The molecule has 1 amide bonds. The number of hydrogen-bond acceptors (Lipinski definition) is 3. The van der Waals surface area contributed by atoms with Crippen LogP contribution in [-0.4, -0.2) is 41.1 Å². The van der Waals surface area contributed by atoms with Crippen LogP contribution in [0.25, 0.3) is 0 Å². The zero-order valence-corrected chi connectivity index (χ0v) is 13.2. The van der Waals surface area contributed by atoms with Gasteiger partial charge in [0.15, 0.2) is 6.61 Å². The molecule has 0 saturated heterocycles. The maximum atomic E-state index is 12.1. The summed E-state index contributed by atoms with van der Waals surface area (Å²) in [5.74, 6) is -0.571. The summed E-state index contributed by atoms with van der Waals surface area (Å²) < 4.78 is 5.49. The van der Waals surface area contributed by atoms with Crippen LogP contribution in [0.15, 0.2) is 18.2 Å². The van der Waals surface area contributed by atoms with E-state index in [2.05, 4.69) is 0 Å². The van der Waals surface area contributed by atoms with E-state index < -0.39 is 5.97 Å². The summed E-state index contributed by atoms with van der Waals surface area (Å²) in [4.78, 5) is 24.3. The molecule has 1 rings (SSSR count). The van der Waals surface area contributed by atoms with Gasteiger partial charge < -0.3 is 14.7 Å². The summed E-state index contributed by atoms with van der Waals surface area (Å²) in [6, 6.07) is 5.08. The van der Waals surface area contributed by atoms with Crippen LogP contribution in [0.1, 0.15) is 25.8 Å². The maximum Gasteiger partial charge on any atom is 0.305 e. The summed E-state index contributed by atoms with van der Waals surface area (Å²) in [6.45, 7) is 5.58.